The lowest BCUT2D eigenvalue weighted by molar-refractivity contribution is -0.132. The van der Waals surface area contributed by atoms with Gasteiger partial charge in [-0.2, -0.15) is 0 Å². The molecule has 2 aromatic carbocycles. The number of hydrogen-bond acceptors (Lipinski definition) is 7. The zero-order chi connectivity index (χ0) is 24.8. The molecule has 2 aliphatic rings. The van der Waals surface area contributed by atoms with E-state index in [2.05, 4.69) is 17.1 Å². The fourth-order valence-corrected chi connectivity index (χ4v) is 4.70. The van der Waals surface area contributed by atoms with Crippen molar-refractivity contribution in [3.05, 3.63) is 72.3 Å². The number of benzene rings is 2. The van der Waals surface area contributed by atoms with Gasteiger partial charge in [0, 0.05) is 11.3 Å². The molecule has 0 radical (unpaired) electrons. The number of aliphatic hydroxyl groups is 1. The Morgan fingerprint density at radius 1 is 1.03 bits per heavy atom. The van der Waals surface area contributed by atoms with E-state index in [1.807, 2.05) is 24.3 Å². The van der Waals surface area contributed by atoms with Gasteiger partial charge < -0.3 is 14.3 Å². The van der Waals surface area contributed by atoms with Crippen LogP contribution in [0.5, 0.6) is 5.75 Å². The monoisotopic (exact) mass is 475 g/mol. The number of ether oxygens (including phenoxy) is 1. The van der Waals surface area contributed by atoms with Gasteiger partial charge in [0.2, 0.25) is 12.3 Å². The maximum Gasteiger partial charge on any atom is 0.299 e. The Morgan fingerprint density at radius 2 is 1.71 bits per heavy atom. The minimum absolute atomic E-state index is 0.174. The van der Waals surface area contributed by atoms with Crippen molar-refractivity contribution in [1.82, 2.24) is 10.2 Å². The molecule has 1 atom stereocenters. The van der Waals surface area contributed by atoms with Crippen LogP contribution in [0.1, 0.15) is 37.7 Å². The number of carbonyl (C=O) groups excluding carboxylic acids is 2. The van der Waals surface area contributed by atoms with E-state index in [4.69, 9.17) is 9.15 Å². The molecule has 1 aromatic heterocycles. The largest absolute Gasteiger partial charge is 0.515 e. The highest BCUT2D eigenvalue weighted by Crippen LogP contribution is 2.39. The zero-order valence-corrected chi connectivity index (χ0v) is 19.9. The van der Waals surface area contributed by atoms with Crippen molar-refractivity contribution in [2.24, 2.45) is 5.92 Å². The highest BCUT2D eigenvalue weighted by atomic mass is 16.5. The summed E-state index contributed by atoms with van der Waals surface area (Å²) in [7, 11) is 1.67. The molecule has 182 valence electrons. The normalized spacial score (nSPS) is 19.5. The molecule has 1 aliphatic heterocycles. The number of hydrogen-bond donors (Lipinski definition) is 1. The van der Waals surface area contributed by atoms with Gasteiger partial charge in [-0.25, -0.2) is 0 Å². The van der Waals surface area contributed by atoms with Crippen LogP contribution < -0.4 is 9.64 Å². The Bertz CT molecular complexity index is 1160. The standard InChI is InChI=1S/C19H19N3O4.C8H10O/c23-10-15-16(12-4-2-1-3-5-12)22(19(25)17(15)24)14-8-6-13(7-9-14)18-21-20-11-26-18;1-7-3-5-8(9-2)6-4-7/h6-12,16,23H,1-5H2;3-6H,1-2H3/b15-10-;. The van der Waals surface area contributed by atoms with E-state index >= 15 is 0 Å². The zero-order valence-electron chi connectivity index (χ0n) is 19.9. The average molecular weight is 476 g/mol. The molecule has 1 aliphatic carbocycles. The number of methoxy groups -OCH3 is 1. The Balaban J connectivity index is 0.000000271. The van der Waals surface area contributed by atoms with E-state index in [0.717, 1.165) is 43.3 Å². The molecule has 0 spiro atoms. The van der Waals surface area contributed by atoms with E-state index < -0.39 is 17.7 Å². The summed E-state index contributed by atoms with van der Waals surface area (Å²) in [6.45, 7) is 2.06. The van der Waals surface area contributed by atoms with Crippen molar-refractivity contribution in [3.63, 3.8) is 0 Å². The van der Waals surface area contributed by atoms with Crippen LogP contribution in [0.3, 0.4) is 0 Å². The van der Waals surface area contributed by atoms with Gasteiger partial charge >= 0.3 is 0 Å². The second-order valence-corrected chi connectivity index (χ2v) is 8.74. The SMILES string of the molecule is COc1ccc(C)cc1.O=C1C(=O)N(c2ccc(-c3nnco3)cc2)C(C2CCCCC2)/C1=C/O. The first-order valence-corrected chi connectivity index (χ1v) is 11.7. The van der Waals surface area contributed by atoms with Gasteiger partial charge in [0.15, 0.2) is 0 Å². The van der Waals surface area contributed by atoms with E-state index in [-0.39, 0.29) is 11.5 Å². The van der Waals surface area contributed by atoms with Crippen LogP contribution >= 0.6 is 0 Å². The fourth-order valence-electron chi connectivity index (χ4n) is 4.70. The number of amides is 1. The lowest BCUT2D eigenvalue weighted by atomic mass is 9.81. The van der Waals surface area contributed by atoms with Crippen LogP contribution in [0.4, 0.5) is 5.69 Å². The van der Waals surface area contributed by atoms with Crippen LogP contribution in [0.15, 0.2) is 71.2 Å². The molecule has 1 amide bonds. The molecule has 35 heavy (non-hydrogen) atoms. The third kappa shape index (κ3) is 5.26. The molecule has 1 saturated heterocycles. The van der Waals surface area contributed by atoms with Crippen LogP contribution in [0.25, 0.3) is 11.5 Å². The highest BCUT2D eigenvalue weighted by Gasteiger charge is 2.47. The maximum atomic E-state index is 12.6. The molecule has 3 aromatic rings. The van der Waals surface area contributed by atoms with Crippen molar-refractivity contribution < 1.29 is 23.8 Å². The summed E-state index contributed by atoms with van der Waals surface area (Å²) in [6.07, 6.45) is 7.27. The first kappa shape index (κ1) is 24.2. The number of rotatable bonds is 4. The summed E-state index contributed by atoms with van der Waals surface area (Å²) in [6, 6.07) is 14.6. The number of aryl methyl sites for hydroxylation is 1. The predicted molar refractivity (Wildman–Crippen MR) is 131 cm³/mol. The summed E-state index contributed by atoms with van der Waals surface area (Å²) >= 11 is 0. The molecule has 1 N–H and O–H groups in total. The predicted octanol–water partition coefficient (Wildman–Crippen LogP) is 5.05. The number of nitrogens with zero attached hydrogens (tertiary/aromatic N) is 3. The second kappa shape index (κ2) is 11.0. The molecule has 1 unspecified atom stereocenters. The van der Waals surface area contributed by atoms with Gasteiger partial charge in [-0.1, -0.05) is 37.0 Å². The number of ketones is 1. The van der Waals surface area contributed by atoms with Crippen LogP contribution in [-0.4, -0.2) is 40.1 Å². The van der Waals surface area contributed by atoms with Crippen LogP contribution in [0.2, 0.25) is 0 Å². The van der Waals surface area contributed by atoms with Gasteiger partial charge in [-0.15, -0.1) is 10.2 Å². The van der Waals surface area contributed by atoms with Gasteiger partial charge in [-0.05, 0) is 62.1 Å². The average Bonchev–Trinajstić information content (AvgIpc) is 3.53. The van der Waals surface area contributed by atoms with Crippen LogP contribution in [0, 0.1) is 12.8 Å². The maximum absolute atomic E-state index is 12.6. The molecule has 0 bridgehead atoms. The van der Waals surface area contributed by atoms with Gasteiger partial charge in [0.25, 0.3) is 11.7 Å². The molecule has 5 rings (SSSR count). The van der Waals surface area contributed by atoms with E-state index in [1.54, 1.807) is 31.4 Å². The topological polar surface area (TPSA) is 106 Å². The van der Waals surface area contributed by atoms with Gasteiger partial charge in [-0.3, -0.25) is 14.5 Å². The molecule has 2 fully saturated rings. The van der Waals surface area contributed by atoms with Crippen molar-refractivity contribution in [3.8, 4) is 17.2 Å². The lowest BCUT2D eigenvalue weighted by Gasteiger charge is -2.33. The molecule has 8 nitrogen and oxygen atoms in total. The Kier molecular flexibility index (Phi) is 7.60. The van der Waals surface area contributed by atoms with Gasteiger partial charge in [0.05, 0.1) is 25.0 Å². The van der Waals surface area contributed by atoms with E-state index in [9.17, 15) is 14.7 Å². The third-order valence-corrected chi connectivity index (χ3v) is 6.52. The molecule has 1 saturated carbocycles. The quantitative estimate of drug-likeness (QED) is 0.320. The number of Topliss-reactive ketones (excluding diaryl/α,β-unsaturated/α-hetero) is 1. The Morgan fingerprint density at radius 3 is 2.29 bits per heavy atom. The van der Waals surface area contributed by atoms with Crippen LogP contribution in [-0.2, 0) is 9.59 Å². The van der Waals surface area contributed by atoms with Crippen molar-refractivity contribution in [2.75, 3.05) is 12.0 Å². The first-order valence-electron chi connectivity index (χ1n) is 11.7. The summed E-state index contributed by atoms with van der Waals surface area (Å²) in [5, 5.41) is 17.1. The van der Waals surface area contributed by atoms with E-state index in [1.165, 1.54) is 23.3 Å². The minimum Gasteiger partial charge on any atom is -0.515 e. The second-order valence-electron chi connectivity index (χ2n) is 8.74. The Labute approximate surface area is 204 Å². The first-order chi connectivity index (χ1) is 17.0. The molecule has 2 heterocycles. The Hall–Kier alpha value is -3.94. The fraction of sp³-hybridized carbons (Fsp3) is 0.333. The smallest absolute Gasteiger partial charge is 0.299 e. The molecular weight excluding hydrogens is 446 g/mol. The number of carbonyl (C=O) groups is 2. The van der Waals surface area contributed by atoms with Crippen molar-refractivity contribution in [2.45, 2.75) is 45.1 Å². The summed E-state index contributed by atoms with van der Waals surface area (Å²) in [4.78, 5) is 26.5. The number of anilines is 1. The minimum atomic E-state index is -0.621. The molecular formula is C27H29N3O5. The van der Waals surface area contributed by atoms with Gasteiger partial charge in [0.1, 0.15) is 5.75 Å². The number of aromatic nitrogens is 2. The van der Waals surface area contributed by atoms with Crippen molar-refractivity contribution in [1.29, 1.82) is 0 Å². The molecule has 8 heteroatoms. The van der Waals surface area contributed by atoms with Crippen molar-refractivity contribution >= 4 is 17.4 Å². The van der Waals surface area contributed by atoms with E-state index in [0.29, 0.717) is 11.6 Å². The number of aliphatic hydroxyl groups excluding tert-OH is 1. The highest BCUT2D eigenvalue weighted by molar-refractivity contribution is 6.50. The summed E-state index contributed by atoms with van der Waals surface area (Å²) < 4.78 is 10.1. The third-order valence-electron chi connectivity index (χ3n) is 6.52. The lowest BCUT2D eigenvalue weighted by Crippen LogP contribution is -2.40. The summed E-state index contributed by atoms with van der Waals surface area (Å²) in [5.41, 5.74) is 2.81. The summed E-state index contributed by atoms with van der Waals surface area (Å²) in [5.74, 6) is 0.268.